The fraction of sp³-hybridized carbons (Fsp3) is 0.800. The van der Waals surface area contributed by atoms with Gasteiger partial charge in [0.15, 0.2) is 18.4 Å². The van der Waals surface area contributed by atoms with E-state index in [0.29, 0.717) is 5.57 Å². The van der Waals surface area contributed by atoms with Crippen molar-refractivity contribution in [3.05, 3.63) is 23.8 Å². The molecule has 0 unspecified atom stereocenters. The molecular weight excluding hydrogens is 508 g/mol. The maximum absolute atomic E-state index is 11.9. The summed E-state index contributed by atoms with van der Waals surface area (Å²) in [6.07, 6.45) is -11.4. The average Bonchev–Trinajstić information content (AvgIpc) is 2.85. The Morgan fingerprint density at radius 2 is 1.53 bits per heavy atom. The Morgan fingerprint density at radius 1 is 0.974 bits per heavy atom. The molecule has 0 saturated carbocycles. The average molecular weight is 549 g/mol. The van der Waals surface area contributed by atoms with Crippen LogP contribution in [-0.4, -0.2) is 133 Å². The van der Waals surface area contributed by atoms with Gasteiger partial charge in [0, 0.05) is 11.8 Å². The van der Waals surface area contributed by atoms with Gasteiger partial charge in [0.05, 0.1) is 19.3 Å². The molecule has 218 valence electrons. The van der Waals surface area contributed by atoms with Crippen molar-refractivity contribution in [3.8, 4) is 0 Å². The molecule has 0 aromatic carbocycles. The van der Waals surface area contributed by atoms with Crippen LogP contribution in [0.15, 0.2) is 23.8 Å². The summed E-state index contributed by atoms with van der Waals surface area (Å²) >= 11 is 0. The highest BCUT2D eigenvalue weighted by Crippen LogP contribution is 2.44. The van der Waals surface area contributed by atoms with Gasteiger partial charge in [-0.15, -0.1) is 0 Å². The van der Waals surface area contributed by atoms with E-state index < -0.39 is 91.7 Å². The molecule has 0 radical (unpaired) electrons. The first-order valence-electron chi connectivity index (χ1n) is 12.5. The minimum Gasteiger partial charge on any atom is -0.394 e. The van der Waals surface area contributed by atoms with Gasteiger partial charge in [-0.25, -0.2) is 0 Å². The molecule has 0 amide bonds. The lowest BCUT2D eigenvalue weighted by molar-refractivity contribution is -0.333. The highest BCUT2D eigenvalue weighted by molar-refractivity contribution is 5.92. The monoisotopic (exact) mass is 548 g/mol. The third-order valence-corrected chi connectivity index (χ3v) is 7.53. The second-order valence-electron chi connectivity index (χ2n) is 10.9. The quantitative estimate of drug-likeness (QED) is 0.145. The summed E-state index contributed by atoms with van der Waals surface area (Å²) in [6, 6.07) is 0. The highest BCUT2D eigenvalue weighted by atomic mass is 16.7. The summed E-state index contributed by atoms with van der Waals surface area (Å²) in [5.74, 6) is -0.0851. The second-order valence-corrected chi connectivity index (χ2v) is 10.9. The third kappa shape index (κ3) is 6.19. The number of aliphatic hydroxyl groups excluding tert-OH is 7. The summed E-state index contributed by atoms with van der Waals surface area (Å²) in [5.41, 5.74) is -1.74. The minimum absolute atomic E-state index is 0.0851. The van der Waals surface area contributed by atoms with E-state index in [1.54, 1.807) is 27.7 Å². The van der Waals surface area contributed by atoms with E-state index in [2.05, 4.69) is 0 Å². The van der Waals surface area contributed by atoms with Crippen LogP contribution in [0.3, 0.4) is 0 Å². The molecule has 3 rings (SSSR count). The van der Waals surface area contributed by atoms with E-state index in [9.17, 15) is 45.6 Å². The Hall–Kier alpha value is -1.33. The molecule has 13 heteroatoms. The Balaban J connectivity index is 1.65. The lowest BCUT2D eigenvalue weighted by Gasteiger charge is -2.44. The van der Waals surface area contributed by atoms with Gasteiger partial charge < -0.3 is 59.8 Å². The largest absolute Gasteiger partial charge is 0.394 e. The maximum Gasteiger partial charge on any atom is 0.187 e. The van der Waals surface area contributed by atoms with E-state index in [1.165, 1.54) is 18.2 Å². The van der Waals surface area contributed by atoms with E-state index in [-0.39, 0.29) is 12.2 Å². The second kappa shape index (κ2) is 12.0. The molecule has 8 N–H and O–H groups in total. The van der Waals surface area contributed by atoms with Gasteiger partial charge in [-0.2, -0.15) is 0 Å². The Bertz CT molecular complexity index is 888. The Kier molecular flexibility index (Phi) is 9.89. The number of aliphatic hydroxyl groups is 8. The van der Waals surface area contributed by atoms with Crippen molar-refractivity contribution in [3.63, 3.8) is 0 Å². The van der Waals surface area contributed by atoms with Crippen LogP contribution in [0.4, 0.5) is 0 Å². The molecule has 2 saturated heterocycles. The first kappa shape index (κ1) is 31.2. The van der Waals surface area contributed by atoms with Crippen molar-refractivity contribution in [1.82, 2.24) is 0 Å². The van der Waals surface area contributed by atoms with Crippen LogP contribution in [0, 0.1) is 5.41 Å². The van der Waals surface area contributed by atoms with Crippen LogP contribution >= 0.6 is 0 Å². The van der Waals surface area contributed by atoms with Crippen LogP contribution in [0.5, 0.6) is 0 Å². The fourth-order valence-electron chi connectivity index (χ4n) is 4.96. The molecule has 12 atom stereocenters. The number of rotatable bonds is 8. The molecule has 0 bridgehead atoms. The summed E-state index contributed by atoms with van der Waals surface area (Å²) in [4.78, 5) is 11.9. The van der Waals surface area contributed by atoms with E-state index in [4.69, 9.17) is 18.9 Å². The standard InChI is InChI=1S/C25H40O13/c1-11-7-13(27)8-24(3,4)25(11,34)6-5-12(2)36-23-21(33)19(31)17(29)15(38-23)10-35-22-20(32)18(30)16(28)14(9-26)37-22/h5-7,12,14-23,26,28-34H,8-10H2,1-4H3/t12-,14-,15-,16-,17-,18+,19+,20-,21-,22-,23-,25-/m1/s1. The van der Waals surface area contributed by atoms with Crippen molar-refractivity contribution in [2.75, 3.05) is 13.2 Å². The third-order valence-electron chi connectivity index (χ3n) is 7.53. The molecule has 2 fully saturated rings. The zero-order valence-electron chi connectivity index (χ0n) is 21.8. The van der Waals surface area contributed by atoms with Gasteiger partial charge in [-0.3, -0.25) is 4.79 Å². The number of hydrogen-bond donors (Lipinski definition) is 8. The van der Waals surface area contributed by atoms with Crippen molar-refractivity contribution in [2.45, 2.75) is 107 Å². The predicted octanol–water partition coefficient (Wildman–Crippen LogP) is -2.75. The number of allylic oxidation sites excluding steroid dienone is 1. The molecule has 2 heterocycles. The van der Waals surface area contributed by atoms with Crippen LogP contribution in [0.1, 0.15) is 34.1 Å². The maximum atomic E-state index is 11.9. The summed E-state index contributed by atoms with van der Waals surface area (Å²) in [5, 5.41) is 81.7. The topological polar surface area (TPSA) is 216 Å². The molecule has 38 heavy (non-hydrogen) atoms. The van der Waals surface area contributed by atoms with Gasteiger partial charge in [-0.1, -0.05) is 19.9 Å². The van der Waals surface area contributed by atoms with Crippen LogP contribution in [0.2, 0.25) is 0 Å². The van der Waals surface area contributed by atoms with Crippen LogP contribution < -0.4 is 0 Å². The SMILES string of the molecule is CC1=CC(=O)CC(C)(C)[C@@]1(O)C=C[C@@H](C)O[C@@H]1O[C@H](CO[C@@H]2O[C@H](CO)[C@@H](O)[C@H](O)[C@H]2O)[C@@H](O)[C@H](O)[C@H]1O. The van der Waals surface area contributed by atoms with Gasteiger partial charge in [0.25, 0.3) is 0 Å². The Labute approximate surface area is 220 Å². The van der Waals surface area contributed by atoms with E-state index in [0.717, 1.165) is 0 Å². The molecule has 2 aliphatic heterocycles. The van der Waals surface area contributed by atoms with Crippen LogP contribution in [0.25, 0.3) is 0 Å². The predicted molar refractivity (Wildman–Crippen MR) is 128 cm³/mol. The van der Waals surface area contributed by atoms with Crippen molar-refractivity contribution in [1.29, 1.82) is 0 Å². The number of hydrogen-bond acceptors (Lipinski definition) is 13. The smallest absolute Gasteiger partial charge is 0.187 e. The number of carbonyl (C=O) groups excluding carboxylic acids is 1. The van der Waals surface area contributed by atoms with E-state index >= 15 is 0 Å². The van der Waals surface area contributed by atoms with Gasteiger partial charge in [0.1, 0.15) is 54.4 Å². The number of carbonyl (C=O) groups is 1. The highest BCUT2D eigenvalue weighted by Gasteiger charge is 2.49. The molecule has 13 nitrogen and oxygen atoms in total. The molecule has 0 spiro atoms. The molecule has 3 aliphatic rings. The first-order chi connectivity index (χ1) is 17.6. The van der Waals surface area contributed by atoms with Crippen molar-refractivity contribution < 1.29 is 64.6 Å². The van der Waals surface area contributed by atoms with Gasteiger partial charge in [-0.05, 0) is 31.6 Å². The lowest BCUT2D eigenvalue weighted by Crippen LogP contribution is -2.62. The van der Waals surface area contributed by atoms with Gasteiger partial charge in [0.2, 0.25) is 0 Å². The molecule has 1 aliphatic carbocycles. The molecule has 0 aromatic heterocycles. The Morgan fingerprint density at radius 3 is 2.11 bits per heavy atom. The van der Waals surface area contributed by atoms with E-state index in [1.807, 2.05) is 0 Å². The zero-order chi connectivity index (χ0) is 28.6. The summed E-state index contributed by atoms with van der Waals surface area (Å²) < 4.78 is 22.0. The normalized spacial score (nSPS) is 44.7. The van der Waals surface area contributed by atoms with Gasteiger partial charge >= 0.3 is 0 Å². The van der Waals surface area contributed by atoms with Crippen molar-refractivity contribution >= 4 is 5.78 Å². The fourth-order valence-corrected chi connectivity index (χ4v) is 4.96. The first-order valence-corrected chi connectivity index (χ1v) is 12.5. The number of ketones is 1. The zero-order valence-corrected chi connectivity index (χ0v) is 21.8. The minimum atomic E-state index is -1.69. The van der Waals surface area contributed by atoms with Crippen molar-refractivity contribution in [2.24, 2.45) is 5.41 Å². The summed E-state index contributed by atoms with van der Waals surface area (Å²) in [6.45, 7) is 5.65. The lowest BCUT2D eigenvalue weighted by atomic mass is 9.64. The number of ether oxygens (including phenoxy) is 4. The summed E-state index contributed by atoms with van der Waals surface area (Å²) in [7, 11) is 0. The molecule has 0 aromatic rings. The molecular formula is C25H40O13. The van der Waals surface area contributed by atoms with Crippen LogP contribution in [-0.2, 0) is 23.7 Å².